The first-order valence-electron chi connectivity index (χ1n) is 12.6. The molecule has 1 aliphatic carbocycles. The van der Waals surface area contributed by atoms with Crippen molar-refractivity contribution in [1.82, 2.24) is 9.80 Å². The van der Waals surface area contributed by atoms with Crippen LogP contribution in [0.25, 0.3) is 11.1 Å². The van der Waals surface area contributed by atoms with E-state index in [1.54, 1.807) is 0 Å². The second kappa shape index (κ2) is 9.52. The zero-order chi connectivity index (χ0) is 23.6. The third kappa shape index (κ3) is 4.17. The number of hydrogen-bond acceptors (Lipinski definition) is 2. The van der Waals surface area contributed by atoms with E-state index < -0.39 is 0 Å². The summed E-state index contributed by atoms with van der Waals surface area (Å²) in [4.78, 5) is 18.1. The molecule has 0 radical (unpaired) electrons. The molecule has 174 valence electrons. The lowest BCUT2D eigenvalue weighted by Gasteiger charge is -2.39. The molecule has 0 unspecified atom stereocenters. The Morgan fingerprint density at radius 1 is 0.629 bits per heavy atom. The van der Waals surface area contributed by atoms with E-state index >= 15 is 0 Å². The fraction of sp³-hybridized carbons (Fsp3) is 0.219. The van der Waals surface area contributed by atoms with E-state index in [-0.39, 0.29) is 17.9 Å². The monoisotopic (exact) mass is 458 g/mol. The molecule has 0 aromatic heterocycles. The number of carbonyl (C=O) groups excluding carboxylic acids is 1. The number of piperazine rings is 1. The molecule has 2 aliphatic rings. The van der Waals surface area contributed by atoms with E-state index in [9.17, 15) is 4.79 Å². The predicted molar refractivity (Wildman–Crippen MR) is 141 cm³/mol. The topological polar surface area (TPSA) is 23.6 Å². The fourth-order valence-electron chi connectivity index (χ4n) is 5.85. The third-order valence-corrected chi connectivity index (χ3v) is 7.62. The van der Waals surface area contributed by atoms with Gasteiger partial charge in [0.15, 0.2) is 0 Å². The van der Waals surface area contributed by atoms with Crippen molar-refractivity contribution in [3.8, 4) is 11.1 Å². The van der Waals surface area contributed by atoms with Crippen molar-refractivity contribution in [3.63, 3.8) is 0 Å². The first kappa shape index (κ1) is 21.8. The van der Waals surface area contributed by atoms with Crippen LogP contribution >= 0.6 is 0 Å². The molecule has 0 spiro atoms. The Morgan fingerprint density at radius 2 is 1.09 bits per heavy atom. The summed E-state index contributed by atoms with van der Waals surface area (Å²) in [7, 11) is 0. The first-order valence-corrected chi connectivity index (χ1v) is 12.6. The maximum absolute atomic E-state index is 13.5. The van der Waals surface area contributed by atoms with Crippen LogP contribution in [0.3, 0.4) is 0 Å². The molecule has 0 saturated carbocycles. The van der Waals surface area contributed by atoms with Gasteiger partial charge in [0, 0.05) is 38.5 Å². The third-order valence-electron chi connectivity index (χ3n) is 7.62. The Kier molecular flexibility index (Phi) is 5.93. The Bertz CT molecular complexity index is 1220. The van der Waals surface area contributed by atoms with Gasteiger partial charge in [-0.05, 0) is 33.4 Å². The second-order valence-corrected chi connectivity index (χ2v) is 9.57. The van der Waals surface area contributed by atoms with Crippen LogP contribution in [0.4, 0.5) is 0 Å². The molecule has 35 heavy (non-hydrogen) atoms. The summed E-state index contributed by atoms with van der Waals surface area (Å²) in [5.41, 5.74) is 7.87. The summed E-state index contributed by atoms with van der Waals surface area (Å²) in [6.07, 6.45) is 0.503. The minimum absolute atomic E-state index is 0.0801. The number of carbonyl (C=O) groups is 1. The molecule has 4 aromatic rings. The van der Waals surface area contributed by atoms with Crippen molar-refractivity contribution in [2.75, 3.05) is 26.2 Å². The van der Waals surface area contributed by atoms with Gasteiger partial charge in [0.1, 0.15) is 0 Å². The van der Waals surface area contributed by atoms with Crippen LogP contribution < -0.4 is 0 Å². The van der Waals surface area contributed by atoms with Crippen LogP contribution in [0.15, 0.2) is 109 Å². The van der Waals surface area contributed by atoms with Crippen molar-refractivity contribution in [3.05, 3.63) is 131 Å². The lowest BCUT2D eigenvalue weighted by Crippen LogP contribution is -2.49. The highest BCUT2D eigenvalue weighted by Crippen LogP contribution is 2.46. The van der Waals surface area contributed by atoms with E-state index in [1.165, 1.54) is 33.4 Å². The number of nitrogens with zero attached hydrogens (tertiary/aromatic N) is 2. The highest BCUT2D eigenvalue weighted by molar-refractivity contribution is 5.79. The zero-order valence-electron chi connectivity index (χ0n) is 19.9. The highest BCUT2D eigenvalue weighted by Gasteiger charge is 2.35. The van der Waals surface area contributed by atoms with E-state index in [4.69, 9.17) is 0 Å². The molecule has 1 amide bonds. The Hall–Kier alpha value is -3.69. The molecule has 1 saturated heterocycles. The van der Waals surface area contributed by atoms with Crippen LogP contribution in [0, 0.1) is 0 Å². The van der Waals surface area contributed by atoms with E-state index in [0.29, 0.717) is 6.42 Å². The molecule has 1 aliphatic heterocycles. The average Bonchev–Trinajstić information content (AvgIpc) is 3.27. The Labute approximate surface area is 207 Å². The van der Waals surface area contributed by atoms with Gasteiger partial charge >= 0.3 is 0 Å². The van der Waals surface area contributed by atoms with Crippen LogP contribution in [0.5, 0.6) is 0 Å². The predicted octanol–water partition coefficient (Wildman–Crippen LogP) is 6.12. The largest absolute Gasteiger partial charge is 0.340 e. The maximum Gasteiger partial charge on any atom is 0.223 e. The summed E-state index contributed by atoms with van der Waals surface area (Å²) in [5.74, 6) is 0.325. The first-order chi connectivity index (χ1) is 17.3. The standard InChI is InChI=1S/C32H30N2O/c35-31(23-30(24-11-3-1-4-12-24)25-13-5-2-6-14-25)33-19-21-34(22-20-33)32-28-17-9-7-15-26(28)27-16-8-10-18-29(27)32/h1-18,30,32H,19-23H2. The van der Waals surface area contributed by atoms with Crippen LogP contribution in [-0.2, 0) is 4.79 Å². The molecule has 0 atom stereocenters. The van der Waals surface area contributed by atoms with Crippen molar-refractivity contribution in [2.24, 2.45) is 0 Å². The van der Waals surface area contributed by atoms with Crippen molar-refractivity contribution < 1.29 is 4.79 Å². The van der Waals surface area contributed by atoms with Crippen LogP contribution in [0.2, 0.25) is 0 Å². The van der Waals surface area contributed by atoms with Gasteiger partial charge in [-0.1, -0.05) is 109 Å². The van der Waals surface area contributed by atoms with Gasteiger partial charge in [-0.15, -0.1) is 0 Å². The molecule has 1 heterocycles. The highest BCUT2D eigenvalue weighted by atomic mass is 16.2. The van der Waals surface area contributed by atoms with Gasteiger partial charge in [-0.25, -0.2) is 0 Å². The van der Waals surface area contributed by atoms with Gasteiger partial charge in [0.25, 0.3) is 0 Å². The fourth-order valence-corrected chi connectivity index (χ4v) is 5.85. The Balaban J connectivity index is 1.18. The van der Waals surface area contributed by atoms with E-state index in [0.717, 1.165) is 26.2 Å². The molecule has 3 heteroatoms. The maximum atomic E-state index is 13.5. The smallest absolute Gasteiger partial charge is 0.223 e. The average molecular weight is 459 g/mol. The van der Waals surface area contributed by atoms with Gasteiger partial charge < -0.3 is 4.90 Å². The number of benzene rings is 4. The van der Waals surface area contributed by atoms with E-state index in [1.807, 2.05) is 12.1 Å². The van der Waals surface area contributed by atoms with Gasteiger partial charge in [0.05, 0.1) is 6.04 Å². The summed E-state index contributed by atoms with van der Waals surface area (Å²) in [6.45, 7) is 3.33. The number of amides is 1. The summed E-state index contributed by atoms with van der Waals surface area (Å²) in [6, 6.07) is 38.7. The molecule has 1 fully saturated rings. The molecular formula is C32H30N2O. The van der Waals surface area contributed by atoms with Crippen molar-refractivity contribution in [2.45, 2.75) is 18.4 Å². The van der Waals surface area contributed by atoms with E-state index in [2.05, 4.69) is 107 Å². The minimum atomic E-state index is 0.0801. The SMILES string of the molecule is O=C(CC(c1ccccc1)c1ccccc1)N1CCN(C2c3ccccc3-c3ccccc32)CC1. The van der Waals surface area contributed by atoms with Gasteiger partial charge in [0.2, 0.25) is 5.91 Å². The van der Waals surface area contributed by atoms with Gasteiger partial charge in [-0.2, -0.15) is 0 Å². The lowest BCUT2D eigenvalue weighted by atomic mass is 9.88. The minimum Gasteiger partial charge on any atom is -0.340 e. The number of fused-ring (bicyclic) bond motifs is 3. The van der Waals surface area contributed by atoms with Crippen LogP contribution in [-0.4, -0.2) is 41.9 Å². The van der Waals surface area contributed by atoms with Crippen molar-refractivity contribution in [1.29, 1.82) is 0 Å². The molecular weight excluding hydrogens is 428 g/mol. The number of hydrogen-bond donors (Lipinski definition) is 0. The summed E-state index contributed by atoms with van der Waals surface area (Å²) >= 11 is 0. The van der Waals surface area contributed by atoms with Gasteiger partial charge in [-0.3, -0.25) is 9.69 Å². The Morgan fingerprint density at radius 3 is 1.60 bits per heavy atom. The quantitative estimate of drug-likeness (QED) is 0.360. The molecule has 6 rings (SSSR count). The van der Waals surface area contributed by atoms with Crippen molar-refractivity contribution >= 4 is 5.91 Å². The molecule has 4 aromatic carbocycles. The number of rotatable bonds is 5. The molecule has 0 bridgehead atoms. The summed E-state index contributed by atoms with van der Waals surface area (Å²) in [5, 5.41) is 0. The lowest BCUT2D eigenvalue weighted by molar-refractivity contribution is -0.133. The molecule has 3 nitrogen and oxygen atoms in total. The second-order valence-electron chi connectivity index (χ2n) is 9.57. The normalized spacial score (nSPS) is 15.7. The summed E-state index contributed by atoms with van der Waals surface area (Å²) < 4.78 is 0. The molecule has 0 N–H and O–H groups in total. The zero-order valence-corrected chi connectivity index (χ0v) is 19.9. The van der Waals surface area contributed by atoms with Crippen LogP contribution in [0.1, 0.15) is 40.6 Å².